The van der Waals surface area contributed by atoms with Crippen LogP contribution in [-0.4, -0.2) is 7.85 Å². The molecule has 1 aliphatic heterocycles. The van der Waals surface area contributed by atoms with Crippen molar-refractivity contribution in [2.75, 3.05) is 0 Å². The molecule has 2 nitrogen and oxygen atoms in total. The molecule has 1 aliphatic rings. The van der Waals surface area contributed by atoms with Gasteiger partial charge in [0.25, 0.3) is 0 Å². The molecule has 0 unspecified atom stereocenters. The molecule has 0 aliphatic carbocycles. The summed E-state index contributed by atoms with van der Waals surface area (Å²) < 4.78 is 11.3. The van der Waals surface area contributed by atoms with Crippen molar-refractivity contribution < 1.29 is 9.47 Å². The minimum Gasteiger partial charge on any atom is -0.450 e. The van der Waals surface area contributed by atoms with Gasteiger partial charge in [0, 0.05) is 0 Å². The van der Waals surface area contributed by atoms with Crippen molar-refractivity contribution in [1.82, 2.24) is 0 Å². The molecule has 2 aromatic carbocycles. The van der Waals surface area contributed by atoms with Crippen molar-refractivity contribution in [2.24, 2.45) is 0 Å². The summed E-state index contributed by atoms with van der Waals surface area (Å²) in [7, 11) is 5.67. The quantitative estimate of drug-likeness (QED) is 0.511. The maximum absolute atomic E-state index is 5.67. The fourth-order valence-corrected chi connectivity index (χ4v) is 1.54. The van der Waals surface area contributed by atoms with Gasteiger partial charge in [0.15, 0.2) is 23.0 Å². The summed E-state index contributed by atoms with van der Waals surface area (Å²) in [5, 5.41) is 0. The zero-order chi connectivity index (χ0) is 10.3. The molecule has 0 N–H and O–H groups in total. The fraction of sp³-hybridized carbons (Fsp3) is 0. The van der Waals surface area contributed by atoms with Crippen LogP contribution in [0.3, 0.4) is 0 Å². The molecule has 2 radical (unpaired) electrons. The second-order valence-corrected chi connectivity index (χ2v) is 3.36. The molecular weight excluding hydrogens is 187 g/mol. The number of ether oxygens (including phenoxy) is 2. The molecule has 1 heterocycles. The van der Waals surface area contributed by atoms with E-state index < -0.39 is 0 Å². The minimum atomic E-state index is 0.661. The molecular formula is C12H7BO2. The Labute approximate surface area is 88.9 Å². The van der Waals surface area contributed by atoms with Crippen molar-refractivity contribution >= 4 is 13.3 Å². The van der Waals surface area contributed by atoms with Gasteiger partial charge in [-0.25, -0.2) is 0 Å². The number of para-hydroxylation sites is 2. The van der Waals surface area contributed by atoms with Crippen LogP contribution in [0.15, 0.2) is 42.5 Å². The summed E-state index contributed by atoms with van der Waals surface area (Å²) in [6, 6.07) is 12.9. The van der Waals surface area contributed by atoms with Crippen molar-refractivity contribution in [3.63, 3.8) is 0 Å². The molecule has 0 saturated carbocycles. The minimum absolute atomic E-state index is 0.661. The second kappa shape index (κ2) is 3.06. The maximum Gasteiger partial charge on any atom is 0.170 e. The van der Waals surface area contributed by atoms with E-state index in [9.17, 15) is 0 Å². The fourth-order valence-electron chi connectivity index (χ4n) is 1.54. The molecule has 0 amide bonds. The molecule has 0 spiro atoms. The van der Waals surface area contributed by atoms with Crippen LogP contribution in [0.4, 0.5) is 0 Å². The Hall–Kier alpha value is -1.90. The Kier molecular flexibility index (Phi) is 1.71. The van der Waals surface area contributed by atoms with Gasteiger partial charge in [-0.2, -0.15) is 0 Å². The highest BCUT2D eigenvalue weighted by Gasteiger charge is 2.17. The van der Waals surface area contributed by atoms with E-state index in [1.165, 1.54) is 0 Å². The van der Waals surface area contributed by atoms with Gasteiger partial charge in [-0.3, -0.25) is 0 Å². The Morgan fingerprint density at radius 1 is 0.733 bits per heavy atom. The molecule has 0 saturated heterocycles. The average Bonchev–Trinajstić information content (AvgIpc) is 2.26. The van der Waals surface area contributed by atoms with Crippen LogP contribution in [0.1, 0.15) is 0 Å². The van der Waals surface area contributed by atoms with Gasteiger partial charge in [-0.1, -0.05) is 23.7 Å². The van der Waals surface area contributed by atoms with Crippen LogP contribution in [0.25, 0.3) is 0 Å². The largest absolute Gasteiger partial charge is 0.450 e. The molecule has 70 valence electrons. The van der Waals surface area contributed by atoms with Crippen LogP contribution in [0.5, 0.6) is 23.0 Å². The third-order valence-corrected chi connectivity index (χ3v) is 2.26. The lowest BCUT2D eigenvalue weighted by Crippen LogP contribution is -2.05. The second-order valence-electron chi connectivity index (χ2n) is 3.36. The molecule has 3 heteroatoms. The van der Waals surface area contributed by atoms with E-state index >= 15 is 0 Å². The first-order valence-corrected chi connectivity index (χ1v) is 4.67. The summed E-state index contributed by atoms with van der Waals surface area (Å²) in [4.78, 5) is 0. The van der Waals surface area contributed by atoms with E-state index in [2.05, 4.69) is 0 Å². The lowest BCUT2D eigenvalue weighted by molar-refractivity contribution is 0.360. The SMILES string of the molecule is [B]c1ccc2c(c1)Oc1ccccc1O2. The molecule has 0 bridgehead atoms. The monoisotopic (exact) mass is 194 g/mol. The van der Waals surface area contributed by atoms with Crippen LogP contribution in [-0.2, 0) is 0 Å². The van der Waals surface area contributed by atoms with E-state index in [0.29, 0.717) is 17.0 Å². The summed E-state index contributed by atoms with van der Waals surface area (Å²) in [5.41, 5.74) is 0.664. The van der Waals surface area contributed by atoms with Gasteiger partial charge in [-0.15, -0.1) is 0 Å². The third kappa shape index (κ3) is 1.36. The zero-order valence-corrected chi connectivity index (χ0v) is 7.94. The van der Waals surface area contributed by atoms with Crippen LogP contribution in [0.2, 0.25) is 0 Å². The van der Waals surface area contributed by atoms with E-state index in [1.54, 1.807) is 18.2 Å². The summed E-state index contributed by atoms with van der Waals surface area (Å²) in [5.74, 6) is 2.81. The third-order valence-electron chi connectivity index (χ3n) is 2.26. The number of benzene rings is 2. The Morgan fingerprint density at radius 2 is 1.33 bits per heavy atom. The molecule has 3 rings (SSSR count). The predicted molar refractivity (Wildman–Crippen MR) is 58.4 cm³/mol. The molecule has 0 aromatic heterocycles. The molecule has 0 atom stereocenters. The Bertz CT molecular complexity index is 523. The lowest BCUT2D eigenvalue weighted by atomic mass is 9.96. The number of hydrogen-bond donors (Lipinski definition) is 0. The van der Waals surface area contributed by atoms with Crippen LogP contribution in [0, 0.1) is 0 Å². The van der Waals surface area contributed by atoms with Gasteiger partial charge in [-0.05, 0) is 24.3 Å². The summed E-state index contributed by atoms with van der Waals surface area (Å²) in [6.07, 6.45) is 0. The van der Waals surface area contributed by atoms with E-state index in [-0.39, 0.29) is 0 Å². The smallest absolute Gasteiger partial charge is 0.170 e. The standard InChI is InChI=1S/C12H7BO2/c13-8-5-6-11-12(7-8)15-10-4-2-1-3-9(10)14-11/h1-7H. The zero-order valence-electron chi connectivity index (χ0n) is 7.94. The molecule has 0 fully saturated rings. The van der Waals surface area contributed by atoms with Crippen molar-refractivity contribution in [3.05, 3.63) is 42.5 Å². The Morgan fingerprint density at radius 3 is 2.07 bits per heavy atom. The topological polar surface area (TPSA) is 18.5 Å². The highest BCUT2D eigenvalue weighted by molar-refractivity contribution is 6.32. The average molecular weight is 194 g/mol. The highest BCUT2D eigenvalue weighted by atomic mass is 16.6. The number of fused-ring (bicyclic) bond motifs is 2. The van der Waals surface area contributed by atoms with E-state index in [0.717, 1.165) is 11.5 Å². The number of hydrogen-bond acceptors (Lipinski definition) is 2. The van der Waals surface area contributed by atoms with Crippen LogP contribution >= 0.6 is 0 Å². The van der Waals surface area contributed by atoms with Crippen molar-refractivity contribution in [1.29, 1.82) is 0 Å². The molecule has 2 aromatic rings. The van der Waals surface area contributed by atoms with Crippen molar-refractivity contribution in [3.8, 4) is 23.0 Å². The summed E-state index contributed by atoms with van der Waals surface area (Å²) >= 11 is 0. The normalized spacial score (nSPS) is 12.0. The maximum atomic E-state index is 5.67. The van der Waals surface area contributed by atoms with Crippen LogP contribution < -0.4 is 14.9 Å². The molecule has 15 heavy (non-hydrogen) atoms. The van der Waals surface area contributed by atoms with E-state index in [4.69, 9.17) is 17.3 Å². The van der Waals surface area contributed by atoms with Gasteiger partial charge in [0.1, 0.15) is 7.85 Å². The first kappa shape index (κ1) is 8.42. The lowest BCUT2D eigenvalue weighted by Gasteiger charge is -2.20. The summed E-state index contributed by atoms with van der Waals surface area (Å²) in [6.45, 7) is 0. The van der Waals surface area contributed by atoms with Gasteiger partial charge >= 0.3 is 0 Å². The predicted octanol–water partition coefficient (Wildman–Crippen LogP) is 2.38. The highest BCUT2D eigenvalue weighted by Crippen LogP contribution is 2.43. The first-order valence-electron chi connectivity index (χ1n) is 4.67. The van der Waals surface area contributed by atoms with Gasteiger partial charge in [0.05, 0.1) is 0 Å². The van der Waals surface area contributed by atoms with Gasteiger partial charge in [0.2, 0.25) is 0 Å². The van der Waals surface area contributed by atoms with E-state index in [1.807, 2.05) is 24.3 Å². The number of rotatable bonds is 0. The first-order chi connectivity index (χ1) is 7.33. The Balaban J connectivity index is 2.11. The van der Waals surface area contributed by atoms with Gasteiger partial charge < -0.3 is 9.47 Å². The van der Waals surface area contributed by atoms with Crippen molar-refractivity contribution in [2.45, 2.75) is 0 Å².